The molecule has 1 fully saturated rings. The average Bonchev–Trinajstić information content (AvgIpc) is 2.46. The number of likely N-dealkylation sites (N-methyl/N-ethyl adjacent to an activating group) is 1. The van der Waals surface area contributed by atoms with E-state index in [1.54, 1.807) is 12.1 Å². The normalized spacial score (nSPS) is 18.6. The topological polar surface area (TPSA) is 67.6 Å². The minimum atomic E-state index is -0.347. The van der Waals surface area contributed by atoms with Gasteiger partial charge in [0, 0.05) is 19.6 Å². The second-order valence-electron chi connectivity index (χ2n) is 5.66. The summed E-state index contributed by atoms with van der Waals surface area (Å²) in [6.07, 6.45) is 2.03. The Kier molecular flexibility index (Phi) is 5.01. The first-order valence-corrected chi connectivity index (χ1v) is 7.38. The van der Waals surface area contributed by atoms with Crippen molar-refractivity contribution >= 4 is 11.4 Å². The van der Waals surface area contributed by atoms with Gasteiger partial charge in [-0.15, -0.1) is 0 Å². The minimum absolute atomic E-state index is 0.0549. The molecule has 1 aromatic carbocycles. The molecule has 116 valence electrons. The molecule has 1 unspecified atom stereocenters. The Bertz CT molecular complexity index is 499. The first-order chi connectivity index (χ1) is 10.0. The van der Waals surface area contributed by atoms with E-state index in [1.165, 1.54) is 0 Å². The summed E-state index contributed by atoms with van der Waals surface area (Å²) in [7, 11) is 1.92. The molecule has 0 amide bonds. The summed E-state index contributed by atoms with van der Waals surface area (Å²) < 4.78 is 5.60. The fourth-order valence-corrected chi connectivity index (χ4v) is 2.69. The van der Waals surface area contributed by atoms with Crippen LogP contribution in [0.1, 0.15) is 26.7 Å². The molecule has 0 bridgehead atoms. The van der Waals surface area contributed by atoms with E-state index in [2.05, 4.69) is 5.32 Å². The molecule has 1 aromatic rings. The molecule has 1 heterocycles. The van der Waals surface area contributed by atoms with Crippen LogP contribution in [0.25, 0.3) is 0 Å². The minimum Gasteiger partial charge on any atom is -0.484 e. The van der Waals surface area contributed by atoms with E-state index in [9.17, 15) is 10.1 Å². The van der Waals surface area contributed by atoms with Crippen molar-refractivity contribution in [2.45, 2.75) is 38.8 Å². The van der Waals surface area contributed by atoms with Crippen molar-refractivity contribution in [2.24, 2.45) is 0 Å². The van der Waals surface area contributed by atoms with Gasteiger partial charge < -0.3 is 15.0 Å². The van der Waals surface area contributed by atoms with Crippen molar-refractivity contribution in [2.75, 3.05) is 25.0 Å². The lowest BCUT2D eigenvalue weighted by atomic mass is 10.1. The van der Waals surface area contributed by atoms with Gasteiger partial charge in [-0.05, 0) is 45.4 Å². The maximum Gasteiger partial charge on any atom is 0.333 e. The number of nitrogens with one attached hydrogen (secondary N) is 1. The van der Waals surface area contributed by atoms with E-state index < -0.39 is 0 Å². The zero-order valence-corrected chi connectivity index (χ0v) is 12.8. The molecule has 0 spiro atoms. The second kappa shape index (κ2) is 6.76. The smallest absolute Gasteiger partial charge is 0.333 e. The van der Waals surface area contributed by atoms with Gasteiger partial charge in [-0.1, -0.05) is 6.07 Å². The van der Waals surface area contributed by atoms with Crippen LogP contribution >= 0.6 is 0 Å². The molecule has 1 atom stereocenters. The average molecular weight is 293 g/mol. The zero-order valence-electron chi connectivity index (χ0n) is 12.8. The molecule has 1 saturated heterocycles. The number of piperidine rings is 1. The van der Waals surface area contributed by atoms with Gasteiger partial charge in [0.25, 0.3) is 0 Å². The van der Waals surface area contributed by atoms with Gasteiger partial charge in [0.1, 0.15) is 5.69 Å². The Morgan fingerprint density at radius 3 is 2.81 bits per heavy atom. The molecule has 2 rings (SSSR count). The molecule has 6 heteroatoms. The van der Waals surface area contributed by atoms with Crippen molar-refractivity contribution in [1.82, 2.24) is 5.32 Å². The van der Waals surface area contributed by atoms with Crippen LogP contribution in [0, 0.1) is 10.1 Å². The van der Waals surface area contributed by atoms with E-state index in [-0.39, 0.29) is 22.8 Å². The highest BCUT2D eigenvalue weighted by molar-refractivity contribution is 5.70. The maximum absolute atomic E-state index is 11.5. The highest BCUT2D eigenvalue weighted by atomic mass is 16.6. The van der Waals surface area contributed by atoms with Gasteiger partial charge in [0.15, 0.2) is 5.75 Å². The fourth-order valence-electron chi connectivity index (χ4n) is 2.69. The standard InChI is InChI=1S/C15H23N3O3/c1-11(2)21-14-8-4-7-13(15(14)18(19)20)17(3)12-6-5-9-16-10-12/h4,7-8,11-12,16H,5-6,9-10H2,1-3H3. The molecule has 0 saturated carbocycles. The van der Waals surface area contributed by atoms with Gasteiger partial charge in [-0.25, -0.2) is 0 Å². The van der Waals surface area contributed by atoms with Gasteiger partial charge in [-0.3, -0.25) is 10.1 Å². The van der Waals surface area contributed by atoms with Crippen LogP contribution in [0.15, 0.2) is 18.2 Å². The van der Waals surface area contributed by atoms with Gasteiger partial charge in [0.05, 0.1) is 11.0 Å². The summed E-state index contributed by atoms with van der Waals surface area (Å²) in [5.74, 6) is 0.336. The zero-order chi connectivity index (χ0) is 15.4. The summed E-state index contributed by atoms with van der Waals surface area (Å²) in [5, 5.41) is 14.8. The van der Waals surface area contributed by atoms with Crippen LogP contribution in [0.5, 0.6) is 5.75 Å². The van der Waals surface area contributed by atoms with Crippen molar-refractivity contribution in [3.63, 3.8) is 0 Å². The molecule has 1 N–H and O–H groups in total. The molecular weight excluding hydrogens is 270 g/mol. The molecule has 6 nitrogen and oxygen atoms in total. The predicted molar refractivity (Wildman–Crippen MR) is 83.2 cm³/mol. The Balaban J connectivity index is 2.35. The number of para-hydroxylation sites is 1. The number of hydrogen-bond donors (Lipinski definition) is 1. The Morgan fingerprint density at radius 2 is 2.24 bits per heavy atom. The van der Waals surface area contributed by atoms with Crippen molar-refractivity contribution < 1.29 is 9.66 Å². The van der Waals surface area contributed by atoms with Crippen LogP contribution in [-0.2, 0) is 0 Å². The number of hydrogen-bond acceptors (Lipinski definition) is 5. The number of nitrogens with zero attached hydrogens (tertiary/aromatic N) is 2. The molecule has 0 aromatic heterocycles. The van der Waals surface area contributed by atoms with Crippen LogP contribution in [0.3, 0.4) is 0 Å². The highest BCUT2D eigenvalue weighted by Gasteiger charge is 2.28. The molecule has 1 aliphatic heterocycles. The quantitative estimate of drug-likeness (QED) is 0.667. The van der Waals surface area contributed by atoms with Crippen LogP contribution in [0.2, 0.25) is 0 Å². The summed E-state index contributed by atoms with van der Waals surface area (Å²) in [6, 6.07) is 5.54. The second-order valence-corrected chi connectivity index (χ2v) is 5.66. The third kappa shape index (κ3) is 3.64. The third-order valence-electron chi connectivity index (χ3n) is 3.72. The largest absolute Gasteiger partial charge is 0.484 e. The lowest BCUT2D eigenvalue weighted by Crippen LogP contribution is -2.44. The van der Waals surface area contributed by atoms with E-state index in [1.807, 2.05) is 31.9 Å². The van der Waals surface area contributed by atoms with E-state index in [4.69, 9.17) is 4.74 Å². The number of nitro benzene ring substituents is 1. The number of benzene rings is 1. The van der Waals surface area contributed by atoms with Crippen molar-refractivity contribution in [1.29, 1.82) is 0 Å². The fraction of sp³-hybridized carbons (Fsp3) is 0.600. The van der Waals surface area contributed by atoms with E-state index in [0.717, 1.165) is 25.9 Å². The van der Waals surface area contributed by atoms with Crippen LogP contribution in [0.4, 0.5) is 11.4 Å². The molecule has 0 radical (unpaired) electrons. The lowest BCUT2D eigenvalue weighted by Gasteiger charge is -2.33. The number of nitro groups is 1. The third-order valence-corrected chi connectivity index (χ3v) is 3.72. The Morgan fingerprint density at radius 1 is 1.48 bits per heavy atom. The number of anilines is 1. The first kappa shape index (κ1) is 15.6. The number of rotatable bonds is 5. The van der Waals surface area contributed by atoms with Crippen molar-refractivity contribution in [3.8, 4) is 5.75 Å². The predicted octanol–water partition coefficient (Wildman–Crippen LogP) is 2.57. The summed E-state index contributed by atoms with van der Waals surface area (Å²) in [6.45, 7) is 5.60. The number of ether oxygens (including phenoxy) is 1. The van der Waals surface area contributed by atoms with E-state index in [0.29, 0.717) is 11.4 Å². The lowest BCUT2D eigenvalue weighted by molar-refractivity contribution is -0.385. The van der Waals surface area contributed by atoms with Crippen LogP contribution < -0.4 is 15.0 Å². The van der Waals surface area contributed by atoms with Crippen molar-refractivity contribution in [3.05, 3.63) is 28.3 Å². The monoisotopic (exact) mass is 293 g/mol. The van der Waals surface area contributed by atoms with Gasteiger partial charge >= 0.3 is 5.69 Å². The van der Waals surface area contributed by atoms with Gasteiger partial charge in [0.2, 0.25) is 0 Å². The Hall–Kier alpha value is -1.82. The molecule has 21 heavy (non-hydrogen) atoms. The SMILES string of the molecule is CC(C)Oc1cccc(N(C)C2CCCNC2)c1[N+](=O)[O-]. The summed E-state index contributed by atoms with van der Waals surface area (Å²) >= 11 is 0. The highest BCUT2D eigenvalue weighted by Crippen LogP contribution is 2.38. The molecule has 0 aliphatic carbocycles. The van der Waals surface area contributed by atoms with Gasteiger partial charge in [-0.2, -0.15) is 0 Å². The summed E-state index contributed by atoms with van der Waals surface area (Å²) in [4.78, 5) is 13.1. The maximum atomic E-state index is 11.5. The molecule has 1 aliphatic rings. The Labute approximate surface area is 125 Å². The van der Waals surface area contributed by atoms with Crippen LogP contribution in [-0.4, -0.2) is 37.2 Å². The first-order valence-electron chi connectivity index (χ1n) is 7.38. The summed E-state index contributed by atoms with van der Waals surface area (Å²) in [5.41, 5.74) is 0.672. The van der Waals surface area contributed by atoms with E-state index >= 15 is 0 Å². The molecular formula is C15H23N3O3.